The monoisotopic (exact) mass is 261 g/mol. The summed E-state index contributed by atoms with van der Waals surface area (Å²) < 4.78 is 0. The third-order valence-electron chi connectivity index (χ3n) is 2.62. The smallest absolute Gasteiger partial charge is 0.116 e. The second kappa shape index (κ2) is 4.70. The number of phenolic OH excluding ortho intramolecular Hbond substituents is 1. The summed E-state index contributed by atoms with van der Waals surface area (Å²) in [5.74, 6) is 0.172. The largest absolute Gasteiger partial charge is 0.508 e. The summed E-state index contributed by atoms with van der Waals surface area (Å²) in [7, 11) is 0. The van der Waals surface area contributed by atoms with Crippen molar-refractivity contribution in [1.29, 1.82) is 0 Å². The third kappa shape index (κ3) is 2.46. The number of aryl methyl sites for hydroxylation is 1. The second-order valence-corrected chi connectivity index (χ2v) is 5.15. The maximum atomic E-state index is 9.46. The average Bonchev–Trinajstić information content (AvgIpc) is 2.30. The molecule has 0 saturated heterocycles. The van der Waals surface area contributed by atoms with E-state index in [1.807, 2.05) is 19.1 Å². The van der Waals surface area contributed by atoms with Gasteiger partial charge in [-0.3, -0.25) is 0 Å². The zero-order chi connectivity index (χ0) is 13.3. The van der Waals surface area contributed by atoms with Crippen molar-refractivity contribution in [3.8, 4) is 5.75 Å². The predicted molar refractivity (Wildman–Crippen MR) is 76.6 cm³/mol. The molecule has 0 unspecified atom stereocenters. The van der Waals surface area contributed by atoms with Gasteiger partial charge < -0.3 is 22.3 Å². The summed E-state index contributed by atoms with van der Waals surface area (Å²) in [6, 6.07) is 8.46. The van der Waals surface area contributed by atoms with Gasteiger partial charge in [-0.25, -0.2) is 0 Å². The molecule has 0 fully saturated rings. The Labute approximate surface area is 110 Å². The van der Waals surface area contributed by atoms with Gasteiger partial charge in [0, 0.05) is 26.9 Å². The predicted octanol–water partition coefficient (Wildman–Crippen LogP) is 2.60. The molecule has 0 saturated carbocycles. The van der Waals surface area contributed by atoms with Gasteiger partial charge in [-0.05, 0) is 42.8 Å². The van der Waals surface area contributed by atoms with Gasteiger partial charge >= 0.3 is 0 Å². The fourth-order valence-electron chi connectivity index (χ4n) is 1.54. The summed E-state index contributed by atoms with van der Waals surface area (Å²) >= 11 is 1.39. The number of rotatable bonds is 2. The summed E-state index contributed by atoms with van der Waals surface area (Å²) in [6.07, 6.45) is 0. The van der Waals surface area contributed by atoms with Crippen molar-refractivity contribution in [2.24, 2.45) is 0 Å². The maximum absolute atomic E-state index is 9.46. The van der Waals surface area contributed by atoms with Gasteiger partial charge in [0.05, 0.1) is 0 Å². The Bertz CT molecular complexity index is 599. The minimum Gasteiger partial charge on any atom is -0.508 e. The van der Waals surface area contributed by atoms with Gasteiger partial charge in [0.25, 0.3) is 0 Å². The number of nitrogen functional groups attached to an aromatic ring is 3. The normalized spacial score (nSPS) is 10.5. The highest BCUT2D eigenvalue weighted by Gasteiger charge is 2.08. The van der Waals surface area contributed by atoms with E-state index in [4.69, 9.17) is 17.2 Å². The van der Waals surface area contributed by atoms with Crippen LogP contribution in [0.15, 0.2) is 40.1 Å². The molecule has 0 aliphatic rings. The van der Waals surface area contributed by atoms with Crippen LogP contribution < -0.4 is 17.2 Å². The molecule has 4 nitrogen and oxygen atoms in total. The van der Waals surface area contributed by atoms with Crippen LogP contribution in [0.4, 0.5) is 17.1 Å². The third-order valence-corrected chi connectivity index (χ3v) is 3.76. The van der Waals surface area contributed by atoms with Gasteiger partial charge in [-0.1, -0.05) is 11.8 Å². The first-order valence-corrected chi connectivity index (χ1v) is 6.21. The molecule has 7 N–H and O–H groups in total. The van der Waals surface area contributed by atoms with E-state index in [0.717, 1.165) is 15.4 Å². The minimum atomic E-state index is 0.172. The van der Waals surface area contributed by atoms with Crippen LogP contribution in [-0.2, 0) is 0 Å². The van der Waals surface area contributed by atoms with Crippen molar-refractivity contribution >= 4 is 28.8 Å². The standard InChI is InChI=1S/C13H15N3OS/c1-7-4-11(16)13(6-10(7)15)18-12-5-8(17)2-3-9(12)14/h2-6,17H,14-16H2,1H3. The topological polar surface area (TPSA) is 98.3 Å². The molecule has 0 radical (unpaired) electrons. The lowest BCUT2D eigenvalue weighted by Gasteiger charge is -2.10. The van der Waals surface area contributed by atoms with Gasteiger partial charge in [-0.2, -0.15) is 0 Å². The summed E-state index contributed by atoms with van der Waals surface area (Å²) in [5, 5.41) is 9.46. The molecule has 5 heteroatoms. The Kier molecular flexibility index (Phi) is 3.25. The van der Waals surface area contributed by atoms with Crippen LogP contribution in [0.2, 0.25) is 0 Å². The number of hydrogen-bond donors (Lipinski definition) is 4. The molecule has 0 heterocycles. The molecule has 0 spiro atoms. The van der Waals surface area contributed by atoms with Crippen LogP contribution in [0.25, 0.3) is 0 Å². The van der Waals surface area contributed by atoms with Crippen LogP contribution in [0, 0.1) is 6.92 Å². The molecule has 2 rings (SSSR count). The summed E-state index contributed by atoms with van der Waals surface area (Å²) in [4.78, 5) is 1.58. The number of hydrogen-bond acceptors (Lipinski definition) is 5. The lowest BCUT2D eigenvalue weighted by Crippen LogP contribution is -1.96. The van der Waals surface area contributed by atoms with E-state index in [9.17, 15) is 5.11 Å². The van der Waals surface area contributed by atoms with Crippen molar-refractivity contribution in [1.82, 2.24) is 0 Å². The Hall–Kier alpha value is -2.01. The van der Waals surface area contributed by atoms with E-state index in [1.54, 1.807) is 18.2 Å². The van der Waals surface area contributed by atoms with Gasteiger partial charge in [0.2, 0.25) is 0 Å². The quantitative estimate of drug-likeness (QED) is 0.492. The Balaban J connectivity index is 2.40. The second-order valence-electron chi connectivity index (χ2n) is 4.07. The summed E-state index contributed by atoms with van der Waals surface area (Å²) in [6.45, 7) is 1.91. The van der Waals surface area contributed by atoms with Crippen molar-refractivity contribution in [2.45, 2.75) is 16.7 Å². The van der Waals surface area contributed by atoms with Gasteiger partial charge in [-0.15, -0.1) is 0 Å². The Morgan fingerprint density at radius 1 is 0.889 bits per heavy atom. The number of phenols is 1. The molecule has 94 valence electrons. The molecule has 2 aromatic carbocycles. The Morgan fingerprint density at radius 3 is 2.28 bits per heavy atom. The van der Waals surface area contributed by atoms with E-state index >= 15 is 0 Å². The van der Waals surface area contributed by atoms with Crippen molar-refractivity contribution in [2.75, 3.05) is 17.2 Å². The molecule has 0 amide bonds. The molecule has 18 heavy (non-hydrogen) atoms. The fourth-order valence-corrected chi connectivity index (χ4v) is 2.51. The first kappa shape index (κ1) is 12.4. The van der Waals surface area contributed by atoms with Crippen molar-refractivity contribution in [3.63, 3.8) is 0 Å². The zero-order valence-electron chi connectivity index (χ0n) is 9.97. The molecule has 0 atom stereocenters. The van der Waals surface area contributed by atoms with Crippen LogP contribution in [0.1, 0.15) is 5.56 Å². The highest BCUT2D eigenvalue weighted by molar-refractivity contribution is 7.99. The molecular weight excluding hydrogens is 246 g/mol. The Morgan fingerprint density at radius 2 is 1.56 bits per heavy atom. The number of anilines is 3. The first-order chi connectivity index (χ1) is 8.47. The van der Waals surface area contributed by atoms with Crippen molar-refractivity contribution < 1.29 is 5.11 Å². The van der Waals surface area contributed by atoms with Crippen LogP contribution in [0.3, 0.4) is 0 Å². The minimum absolute atomic E-state index is 0.172. The van der Waals surface area contributed by atoms with E-state index in [2.05, 4.69) is 0 Å². The van der Waals surface area contributed by atoms with E-state index in [-0.39, 0.29) is 5.75 Å². The molecule has 2 aromatic rings. The van der Waals surface area contributed by atoms with E-state index in [0.29, 0.717) is 17.1 Å². The molecule has 0 aliphatic carbocycles. The summed E-state index contributed by atoms with van der Waals surface area (Å²) in [5.41, 5.74) is 20.5. The SMILES string of the molecule is Cc1cc(N)c(Sc2cc(O)ccc2N)cc1N. The van der Waals surface area contributed by atoms with Crippen LogP contribution in [0.5, 0.6) is 5.75 Å². The van der Waals surface area contributed by atoms with Crippen LogP contribution >= 0.6 is 11.8 Å². The number of nitrogens with two attached hydrogens (primary N) is 3. The average molecular weight is 261 g/mol. The first-order valence-electron chi connectivity index (χ1n) is 5.39. The number of aromatic hydroxyl groups is 1. The number of benzene rings is 2. The highest BCUT2D eigenvalue weighted by atomic mass is 32.2. The molecular formula is C13H15N3OS. The van der Waals surface area contributed by atoms with Crippen molar-refractivity contribution in [3.05, 3.63) is 35.9 Å². The van der Waals surface area contributed by atoms with Gasteiger partial charge in [0.15, 0.2) is 0 Å². The van der Waals surface area contributed by atoms with E-state index < -0.39 is 0 Å². The fraction of sp³-hybridized carbons (Fsp3) is 0.0769. The highest BCUT2D eigenvalue weighted by Crippen LogP contribution is 2.38. The zero-order valence-corrected chi connectivity index (χ0v) is 10.8. The lowest BCUT2D eigenvalue weighted by atomic mass is 10.2. The molecule has 0 aliphatic heterocycles. The van der Waals surface area contributed by atoms with E-state index in [1.165, 1.54) is 11.8 Å². The maximum Gasteiger partial charge on any atom is 0.116 e. The van der Waals surface area contributed by atoms with Gasteiger partial charge in [0.1, 0.15) is 5.75 Å². The lowest BCUT2D eigenvalue weighted by molar-refractivity contribution is 0.474. The molecule has 0 aromatic heterocycles. The molecule has 0 bridgehead atoms. The van der Waals surface area contributed by atoms with Crippen LogP contribution in [-0.4, -0.2) is 5.11 Å².